The van der Waals surface area contributed by atoms with Crippen LogP contribution in [0.25, 0.3) is 10.9 Å². The van der Waals surface area contributed by atoms with Gasteiger partial charge in [0.2, 0.25) is 0 Å². The molecule has 3 aromatic rings. The fourth-order valence-corrected chi connectivity index (χ4v) is 3.37. The Morgan fingerprint density at radius 3 is 3.24 bits per heavy atom. The van der Waals surface area contributed by atoms with Crippen LogP contribution in [0, 0.1) is 0 Å². The van der Waals surface area contributed by atoms with Crippen LogP contribution in [0.2, 0.25) is 0 Å². The standard InChI is InChI=1S/C19H24N5O/c1-23-7-5-18-14(11-23)4-8-24(18)12-17-9-15(13-25-17)19(20)22-16-3-2-6-21-10-16/h4-5,7-9,11,13,16,21H,2-3,6,10,12H2,1H3,(H2,20,22)/q+1. The van der Waals surface area contributed by atoms with Crippen molar-refractivity contribution in [2.75, 3.05) is 13.1 Å². The highest BCUT2D eigenvalue weighted by atomic mass is 16.3. The number of nitrogens with one attached hydrogen (secondary N) is 1. The van der Waals surface area contributed by atoms with Crippen molar-refractivity contribution in [2.45, 2.75) is 25.4 Å². The Morgan fingerprint density at radius 2 is 2.40 bits per heavy atom. The van der Waals surface area contributed by atoms with Crippen molar-refractivity contribution in [3.63, 3.8) is 0 Å². The van der Waals surface area contributed by atoms with Crippen LogP contribution in [0.1, 0.15) is 24.2 Å². The quantitative estimate of drug-likeness (QED) is 0.431. The highest BCUT2D eigenvalue weighted by Gasteiger charge is 2.14. The maximum atomic E-state index is 6.17. The number of hydrogen-bond acceptors (Lipinski definition) is 3. The van der Waals surface area contributed by atoms with E-state index >= 15 is 0 Å². The van der Waals surface area contributed by atoms with Crippen LogP contribution in [0.4, 0.5) is 0 Å². The van der Waals surface area contributed by atoms with Crippen LogP contribution in [-0.4, -0.2) is 29.5 Å². The molecule has 0 aliphatic carbocycles. The van der Waals surface area contributed by atoms with Gasteiger partial charge in [0.15, 0.2) is 12.4 Å². The lowest BCUT2D eigenvalue weighted by Crippen LogP contribution is -2.34. The number of aliphatic imine (C=N–C) groups is 1. The van der Waals surface area contributed by atoms with Crippen molar-refractivity contribution < 1.29 is 8.98 Å². The topological polar surface area (TPSA) is 72.4 Å². The third-order valence-corrected chi connectivity index (χ3v) is 4.72. The first-order valence-electron chi connectivity index (χ1n) is 8.75. The van der Waals surface area contributed by atoms with E-state index in [0.717, 1.165) is 37.3 Å². The monoisotopic (exact) mass is 338 g/mol. The molecule has 1 atom stereocenters. The predicted molar refractivity (Wildman–Crippen MR) is 97.5 cm³/mol. The highest BCUT2D eigenvalue weighted by Crippen LogP contribution is 2.17. The van der Waals surface area contributed by atoms with E-state index in [2.05, 4.69) is 50.2 Å². The Kier molecular flexibility index (Phi) is 4.28. The second-order valence-corrected chi connectivity index (χ2v) is 6.71. The van der Waals surface area contributed by atoms with E-state index in [0.29, 0.717) is 12.4 Å². The second-order valence-electron chi connectivity index (χ2n) is 6.71. The van der Waals surface area contributed by atoms with Crippen molar-refractivity contribution in [3.05, 3.63) is 54.4 Å². The Bertz CT molecular complexity index is 902. The Morgan fingerprint density at radius 1 is 1.48 bits per heavy atom. The number of nitrogens with two attached hydrogens (primary N) is 1. The molecule has 0 saturated carbocycles. The molecule has 0 bridgehead atoms. The molecule has 1 fully saturated rings. The van der Waals surface area contributed by atoms with E-state index in [1.54, 1.807) is 6.26 Å². The smallest absolute Gasteiger partial charge is 0.177 e. The Balaban J connectivity index is 1.51. The van der Waals surface area contributed by atoms with E-state index in [-0.39, 0.29) is 6.04 Å². The number of furan rings is 1. The number of piperidine rings is 1. The van der Waals surface area contributed by atoms with Crippen LogP contribution in [0.15, 0.2) is 52.5 Å². The molecule has 4 heterocycles. The van der Waals surface area contributed by atoms with Crippen molar-refractivity contribution in [3.8, 4) is 0 Å². The summed E-state index contributed by atoms with van der Waals surface area (Å²) in [4.78, 5) is 4.64. The van der Waals surface area contributed by atoms with Crippen LogP contribution in [0.3, 0.4) is 0 Å². The number of pyridine rings is 1. The van der Waals surface area contributed by atoms with Gasteiger partial charge >= 0.3 is 0 Å². The molecule has 6 nitrogen and oxygen atoms in total. The van der Waals surface area contributed by atoms with Gasteiger partial charge < -0.3 is 20.0 Å². The van der Waals surface area contributed by atoms with Crippen molar-refractivity contribution in [1.29, 1.82) is 0 Å². The third kappa shape index (κ3) is 3.44. The molecule has 0 radical (unpaired) electrons. The molecule has 0 spiro atoms. The zero-order valence-corrected chi connectivity index (χ0v) is 14.5. The molecular formula is C19H24N5O+. The van der Waals surface area contributed by atoms with Gasteiger partial charge in [-0.15, -0.1) is 0 Å². The maximum Gasteiger partial charge on any atom is 0.177 e. The SMILES string of the molecule is C[n+]1ccc2c(ccn2Cc2cc(C(N)=NC3CCCNC3)co2)c1. The van der Waals surface area contributed by atoms with Gasteiger partial charge in [-0.2, -0.15) is 0 Å². The fourth-order valence-electron chi connectivity index (χ4n) is 3.37. The minimum Gasteiger partial charge on any atom is -0.467 e. The average molecular weight is 338 g/mol. The average Bonchev–Trinajstić information content (AvgIpc) is 3.23. The molecule has 1 aliphatic heterocycles. The van der Waals surface area contributed by atoms with Gasteiger partial charge in [0.05, 0.1) is 29.1 Å². The fraction of sp³-hybridized carbons (Fsp3) is 0.368. The van der Waals surface area contributed by atoms with Crippen LogP contribution in [-0.2, 0) is 13.6 Å². The number of aryl methyl sites for hydroxylation is 1. The molecule has 1 aliphatic rings. The lowest BCUT2D eigenvalue weighted by Gasteiger charge is -2.19. The van der Waals surface area contributed by atoms with E-state index in [1.807, 2.05) is 13.1 Å². The molecule has 4 rings (SSSR count). The molecule has 3 N–H and O–H groups in total. The lowest BCUT2D eigenvalue weighted by molar-refractivity contribution is -0.670. The number of rotatable bonds is 4. The van der Waals surface area contributed by atoms with Gasteiger partial charge in [-0.25, -0.2) is 4.57 Å². The summed E-state index contributed by atoms with van der Waals surface area (Å²) in [6, 6.07) is 6.49. The van der Waals surface area contributed by atoms with Gasteiger partial charge in [-0.05, 0) is 31.5 Å². The number of amidine groups is 1. The first-order valence-corrected chi connectivity index (χ1v) is 8.75. The summed E-state index contributed by atoms with van der Waals surface area (Å²) < 4.78 is 9.95. The normalized spacial score (nSPS) is 18.8. The lowest BCUT2D eigenvalue weighted by atomic mass is 10.1. The minimum absolute atomic E-state index is 0.265. The van der Waals surface area contributed by atoms with Crippen LogP contribution < -0.4 is 15.6 Å². The maximum absolute atomic E-state index is 6.17. The molecule has 130 valence electrons. The van der Waals surface area contributed by atoms with E-state index < -0.39 is 0 Å². The molecular weight excluding hydrogens is 314 g/mol. The van der Waals surface area contributed by atoms with Crippen molar-refractivity contribution >= 4 is 16.7 Å². The Hall–Kier alpha value is -2.60. The molecule has 0 aromatic carbocycles. The van der Waals surface area contributed by atoms with Gasteiger partial charge in [0, 0.05) is 18.8 Å². The molecule has 25 heavy (non-hydrogen) atoms. The summed E-state index contributed by atoms with van der Waals surface area (Å²) in [5, 5.41) is 4.57. The first-order chi connectivity index (χ1) is 12.2. The van der Waals surface area contributed by atoms with Gasteiger partial charge in [0.25, 0.3) is 0 Å². The highest BCUT2D eigenvalue weighted by molar-refractivity contribution is 5.97. The number of aromatic nitrogens is 2. The van der Waals surface area contributed by atoms with Crippen LogP contribution in [0.5, 0.6) is 0 Å². The number of hydrogen-bond donors (Lipinski definition) is 2. The van der Waals surface area contributed by atoms with Crippen molar-refractivity contribution in [1.82, 2.24) is 9.88 Å². The summed E-state index contributed by atoms with van der Waals surface area (Å²) >= 11 is 0. The number of fused-ring (bicyclic) bond motifs is 1. The molecule has 3 aromatic heterocycles. The first kappa shape index (κ1) is 15.9. The molecule has 1 saturated heterocycles. The van der Waals surface area contributed by atoms with Gasteiger partial charge in [-0.3, -0.25) is 4.99 Å². The van der Waals surface area contributed by atoms with E-state index in [4.69, 9.17) is 10.2 Å². The summed E-state index contributed by atoms with van der Waals surface area (Å²) in [6.45, 7) is 2.65. The number of nitrogens with zero attached hydrogens (tertiary/aromatic N) is 3. The van der Waals surface area contributed by atoms with E-state index in [9.17, 15) is 0 Å². The zero-order valence-electron chi connectivity index (χ0n) is 14.5. The summed E-state index contributed by atoms with van der Waals surface area (Å²) in [6.07, 6.45) is 10.2. The zero-order chi connectivity index (χ0) is 17.2. The summed E-state index contributed by atoms with van der Waals surface area (Å²) in [7, 11) is 2.03. The van der Waals surface area contributed by atoms with E-state index in [1.165, 1.54) is 10.9 Å². The van der Waals surface area contributed by atoms with Gasteiger partial charge in [0.1, 0.15) is 24.9 Å². The largest absolute Gasteiger partial charge is 0.467 e. The van der Waals surface area contributed by atoms with Crippen LogP contribution >= 0.6 is 0 Å². The van der Waals surface area contributed by atoms with Gasteiger partial charge in [-0.1, -0.05) is 0 Å². The minimum atomic E-state index is 0.265. The summed E-state index contributed by atoms with van der Waals surface area (Å²) in [5.74, 6) is 1.44. The van der Waals surface area contributed by atoms with Crippen molar-refractivity contribution in [2.24, 2.45) is 17.8 Å². The summed E-state index contributed by atoms with van der Waals surface area (Å²) in [5.41, 5.74) is 8.22. The molecule has 1 unspecified atom stereocenters. The second kappa shape index (κ2) is 6.72. The Labute approximate surface area is 147 Å². The third-order valence-electron chi connectivity index (χ3n) is 4.72. The molecule has 6 heteroatoms. The molecule has 0 amide bonds. The predicted octanol–water partition coefficient (Wildman–Crippen LogP) is 1.56.